The van der Waals surface area contributed by atoms with Crippen LogP contribution < -0.4 is 14.4 Å². The van der Waals surface area contributed by atoms with Gasteiger partial charge in [0.25, 0.3) is 0 Å². The van der Waals surface area contributed by atoms with Crippen molar-refractivity contribution in [1.29, 1.82) is 0 Å². The van der Waals surface area contributed by atoms with Crippen LogP contribution in [0.5, 0.6) is 23.0 Å². The minimum absolute atomic E-state index is 0.473. The van der Waals surface area contributed by atoms with Gasteiger partial charge in [0.1, 0.15) is 0 Å². The number of rotatable bonds is 6. The number of ether oxygens (including phenoxy) is 2. The zero-order valence-electron chi connectivity index (χ0n) is 34.8. The van der Waals surface area contributed by atoms with E-state index >= 15 is 0 Å². The average Bonchev–Trinajstić information content (AvgIpc) is 3.84. The first kappa shape index (κ1) is 36.3. The van der Waals surface area contributed by atoms with Crippen LogP contribution in [0.3, 0.4) is 0 Å². The first-order valence-corrected chi connectivity index (χ1v) is 21.9. The Morgan fingerprint density at radius 2 is 0.797 bits per heavy atom. The summed E-state index contributed by atoms with van der Waals surface area (Å²) in [5, 5.41) is 0. The monoisotopic (exact) mass is 817 g/mol. The molecule has 0 aromatic heterocycles. The number of para-hydroxylation sites is 2. The van der Waals surface area contributed by atoms with Crippen LogP contribution in [0.15, 0.2) is 237 Å². The van der Waals surface area contributed by atoms with Crippen LogP contribution in [-0.2, 0) is 5.41 Å². The number of benzene rings is 10. The molecule has 0 saturated heterocycles. The summed E-state index contributed by atoms with van der Waals surface area (Å²) in [7, 11) is 0. The summed E-state index contributed by atoms with van der Waals surface area (Å²) in [6.07, 6.45) is 0. The highest BCUT2D eigenvalue weighted by molar-refractivity contribution is 5.98. The van der Waals surface area contributed by atoms with E-state index in [-0.39, 0.29) is 0 Å². The lowest BCUT2D eigenvalue weighted by molar-refractivity contribution is 0.361. The van der Waals surface area contributed by atoms with Crippen LogP contribution in [0.1, 0.15) is 22.3 Å². The Bertz CT molecular complexity index is 3400. The topological polar surface area (TPSA) is 21.7 Å². The van der Waals surface area contributed by atoms with Gasteiger partial charge < -0.3 is 14.4 Å². The van der Waals surface area contributed by atoms with Crippen molar-refractivity contribution in [2.24, 2.45) is 0 Å². The predicted molar refractivity (Wildman–Crippen MR) is 260 cm³/mol. The van der Waals surface area contributed by atoms with Gasteiger partial charge in [-0.15, -0.1) is 0 Å². The SMILES string of the molecule is c1ccc(-c2ccc(N(c3cccc(-c4ccccc4)c3)c3ccccc3-c3cccc4c3Oc3ccc5c(c3O4)-c3ccccc3C53c4ccccc4-c4ccccc43)cc2)cc1. The molecule has 0 N–H and O–H groups in total. The summed E-state index contributed by atoms with van der Waals surface area (Å²) >= 11 is 0. The lowest BCUT2D eigenvalue weighted by Gasteiger charge is -2.31. The third-order valence-corrected chi connectivity index (χ3v) is 13.4. The first-order valence-electron chi connectivity index (χ1n) is 21.9. The second kappa shape index (κ2) is 14.3. The van der Waals surface area contributed by atoms with Crippen LogP contribution in [-0.4, -0.2) is 0 Å². The van der Waals surface area contributed by atoms with Gasteiger partial charge in [-0.2, -0.15) is 0 Å². The molecule has 0 unspecified atom stereocenters. The first-order chi connectivity index (χ1) is 31.8. The molecule has 1 heterocycles. The Morgan fingerprint density at radius 1 is 0.297 bits per heavy atom. The van der Waals surface area contributed by atoms with Gasteiger partial charge in [0, 0.05) is 28.1 Å². The van der Waals surface area contributed by atoms with Gasteiger partial charge in [0.15, 0.2) is 23.0 Å². The molecule has 10 aromatic rings. The second-order valence-electron chi connectivity index (χ2n) is 16.7. The number of fused-ring (bicyclic) bond motifs is 13. The van der Waals surface area contributed by atoms with Crippen molar-refractivity contribution in [3.8, 4) is 78.6 Å². The Labute approximate surface area is 372 Å². The lowest BCUT2D eigenvalue weighted by Crippen LogP contribution is -2.25. The largest absolute Gasteiger partial charge is 0.449 e. The van der Waals surface area contributed by atoms with E-state index in [9.17, 15) is 0 Å². The number of hydrogen-bond donors (Lipinski definition) is 0. The number of nitrogens with zero attached hydrogens (tertiary/aromatic N) is 1. The fraction of sp³-hybridized carbons (Fsp3) is 0.0164. The molecule has 13 rings (SSSR count). The fourth-order valence-corrected chi connectivity index (χ4v) is 10.7. The Kier molecular flexibility index (Phi) is 8.13. The summed E-state index contributed by atoms with van der Waals surface area (Å²) in [5.74, 6) is 2.83. The lowest BCUT2D eigenvalue weighted by atomic mass is 9.70. The molecule has 0 bridgehead atoms. The number of anilines is 3. The van der Waals surface area contributed by atoms with Crippen molar-refractivity contribution >= 4 is 17.1 Å². The zero-order chi connectivity index (χ0) is 42.2. The van der Waals surface area contributed by atoms with E-state index in [4.69, 9.17) is 9.47 Å². The minimum atomic E-state index is -0.473. The van der Waals surface area contributed by atoms with Gasteiger partial charge in [-0.3, -0.25) is 0 Å². The van der Waals surface area contributed by atoms with Crippen molar-refractivity contribution < 1.29 is 9.47 Å². The molecule has 2 aliphatic carbocycles. The van der Waals surface area contributed by atoms with Crippen molar-refractivity contribution in [3.63, 3.8) is 0 Å². The smallest absolute Gasteiger partial charge is 0.178 e. The highest BCUT2D eigenvalue weighted by Gasteiger charge is 2.53. The molecule has 0 radical (unpaired) electrons. The third-order valence-electron chi connectivity index (χ3n) is 13.4. The Balaban J connectivity index is 0.955. The molecule has 0 fully saturated rings. The van der Waals surface area contributed by atoms with Crippen LogP contribution in [0, 0.1) is 0 Å². The maximum atomic E-state index is 7.17. The molecule has 3 nitrogen and oxygen atoms in total. The van der Waals surface area contributed by atoms with Crippen molar-refractivity contribution in [2.75, 3.05) is 4.90 Å². The van der Waals surface area contributed by atoms with E-state index in [0.29, 0.717) is 17.2 Å². The molecule has 1 aliphatic heterocycles. The maximum absolute atomic E-state index is 7.17. The van der Waals surface area contributed by atoms with Crippen LogP contribution in [0.25, 0.3) is 55.6 Å². The molecule has 3 heteroatoms. The molecule has 10 aromatic carbocycles. The normalized spacial score (nSPS) is 13.1. The molecule has 0 amide bonds. The van der Waals surface area contributed by atoms with Gasteiger partial charge in [0.05, 0.1) is 11.1 Å². The van der Waals surface area contributed by atoms with E-state index in [1.807, 2.05) is 6.07 Å². The summed E-state index contributed by atoms with van der Waals surface area (Å²) < 4.78 is 14.3. The minimum Gasteiger partial charge on any atom is -0.449 e. The summed E-state index contributed by atoms with van der Waals surface area (Å²) in [4.78, 5) is 2.36. The summed E-state index contributed by atoms with van der Waals surface area (Å²) in [6.45, 7) is 0. The molecular weight excluding hydrogens is 779 g/mol. The van der Waals surface area contributed by atoms with E-state index in [0.717, 1.165) is 45.1 Å². The molecule has 300 valence electrons. The average molecular weight is 818 g/mol. The molecule has 3 aliphatic rings. The van der Waals surface area contributed by atoms with E-state index in [1.54, 1.807) is 0 Å². The van der Waals surface area contributed by atoms with Crippen LogP contribution >= 0.6 is 0 Å². The summed E-state index contributed by atoms with van der Waals surface area (Å²) in [5.41, 5.74) is 19.1. The second-order valence-corrected chi connectivity index (χ2v) is 16.7. The molecular formula is C61H39NO2. The maximum Gasteiger partial charge on any atom is 0.178 e. The molecule has 0 saturated carbocycles. The zero-order valence-corrected chi connectivity index (χ0v) is 34.8. The summed E-state index contributed by atoms with van der Waals surface area (Å²) in [6, 6.07) is 84.6. The predicted octanol–water partition coefficient (Wildman–Crippen LogP) is 16.4. The van der Waals surface area contributed by atoms with Crippen molar-refractivity contribution in [2.45, 2.75) is 5.41 Å². The molecule has 64 heavy (non-hydrogen) atoms. The Morgan fingerprint density at radius 3 is 1.50 bits per heavy atom. The van der Waals surface area contributed by atoms with E-state index in [1.165, 1.54) is 55.6 Å². The van der Waals surface area contributed by atoms with Crippen molar-refractivity contribution in [3.05, 3.63) is 259 Å². The highest BCUT2D eigenvalue weighted by Crippen LogP contribution is 2.66. The van der Waals surface area contributed by atoms with E-state index in [2.05, 4.69) is 235 Å². The Hall–Kier alpha value is -8.40. The fourth-order valence-electron chi connectivity index (χ4n) is 10.7. The highest BCUT2D eigenvalue weighted by atomic mass is 16.6. The quantitative estimate of drug-likeness (QED) is 0.167. The molecule has 0 atom stereocenters. The van der Waals surface area contributed by atoms with Gasteiger partial charge in [-0.05, 0) is 104 Å². The third kappa shape index (κ3) is 5.34. The van der Waals surface area contributed by atoms with Crippen molar-refractivity contribution in [1.82, 2.24) is 0 Å². The van der Waals surface area contributed by atoms with Gasteiger partial charge in [-0.1, -0.05) is 194 Å². The van der Waals surface area contributed by atoms with Gasteiger partial charge >= 0.3 is 0 Å². The number of hydrogen-bond acceptors (Lipinski definition) is 3. The van der Waals surface area contributed by atoms with E-state index < -0.39 is 5.41 Å². The van der Waals surface area contributed by atoms with Crippen LogP contribution in [0.2, 0.25) is 0 Å². The molecule has 1 spiro atoms. The van der Waals surface area contributed by atoms with Gasteiger partial charge in [0.2, 0.25) is 0 Å². The standard InChI is InChI=1S/C61H39NO2/c1-3-17-40(18-4-1)42-33-35-44(36-34-42)62(45-22-15-21-43(39-45)41-19-5-2-6-20-41)55-31-14-10-25-48(55)49-27-16-32-56-59(49)63-57-38-37-54-58(60(57)64-56)50-26-9-13-30-53(50)61(54)51-28-11-7-23-46(51)47-24-8-12-29-52(47)61/h1-39H. The van der Waals surface area contributed by atoms with Crippen LogP contribution in [0.4, 0.5) is 17.1 Å². The van der Waals surface area contributed by atoms with Gasteiger partial charge in [-0.25, -0.2) is 0 Å².